The average Bonchev–Trinajstić information content (AvgIpc) is 2.12. The van der Waals surface area contributed by atoms with Crippen LogP contribution >= 0.6 is 0 Å². The van der Waals surface area contributed by atoms with Gasteiger partial charge < -0.3 is 5.11 Å². The molecule has 2 unspecified atom stereocenters. The van der Waals surface area contributed by atoms with E-state index in [9.17, 15) is 5.11 Å². The summed E-state index contributed by atoms with van der Waals surface area (Å²) in [5.41, 5.74) is 2.13. The molecular formula is C13H20O. The second-order valence-electron chi connectivity index (χ2n) is 5.12. The van der Waals surface area contributed by atoms with E-state index in [2.05, 4.69) is 26.0 Å². The second-order valence-corrected chi connectivity index (χ2v) is 5.12. The molecule has 0 spiro atoms. The number of rotatable bonds is 0. The van der Waals surface area contributed by atoms with Crippen LogP contribution in [0.2, 0.25) is 0 Å². The molecule has 3 atom stereocenters. The van der Waals surface area contributed by atoms with Crippen LogP contribution in [0, 0.1) is 11.8 Å². The Hall–Kier alpha value is -0.560. The fourth-order valence-electron chi connectivity index (χ4n) is 2.91. The Morgan fingerprint density at radius 2 is 2.07 bits per heavy atom. The van der Waals surface area contributed by atoms with E-state index < -0.39 is 5.60 Å². The Bertz CT molecular complexity index is 296. The Morgan fingerprint density at radius 1 is 1.36 bits per heavy atom. The highest BCUT2D eigenvalue weighted by Gasteiger charge is 2.36. The number of aliphatic hydroxyl groups is 1. The van der Waals surface area contributed by atoms with Crippen molar-refractivity contribution in [3.63, 3.8) is 0 Å². The predicted molar refractivity (Wildman–Crippen MR) is 59.0 cm³/mol. The maximum absolute atomic E-state index is 10.3. The van der Waals surface area contributed by atoms with Gasteiger partial charge in [0.25, 0.3) is 0 Å². The van der Waals surface area contributed by atoms with Crippen LogP contribution in [-0.4, -0.2) is 10.7 Å². The van der Waals surface area contributed by atoms with Gasteiger partial charge in [0.15, 0.2) is 0 Å². The summed E-state index contributed by atoms with van der Waals surface area (Å²) < 4.78 is 0. The zero-order valence-corrected chi connectivity index (χ0v) is 9.38. The molecule has 1 heteroatoms. The molecule has 0 aliphatic heterocycles. The quantitative estimate of drug-likeness (QED) is 0.625. The van der Waals surface area contributed by atoms with Crippen molar-refractivity contribution >= 4 is 0 Å². The Kier molecular flexibility index (Phi) is 2.30. The Balaban J connectivity index is 2.48. The van der Waals surface area contributed by atoms with Gasteiger partial charge >= 0.3 is 0 Å². The van der Waals surface area contributed by atoms with Crippen molar-refractivity contribution in [1.29, 1.82) is 0 Å². The minimum Gasteiger partial charge on any atom is -0.385 e. The van der Waals surface area contributed by atoms with Gasteiger partial charge in [-0.3, -0.25) is 0 Å². The van der Waals surface area contributed by atoms with Crippen LogP contribution in [0.1, 0.15) is 40.0 Å². The van der Waals surface area contributed by atoms with Crippen LogP contribution in [0.15, 0.2) is 23.3 Å². The van der Waals surface area contributed by atoms with Gasteiger partial charge in [0.1, 0.15) is 0 Å². The third kappa shape index (κ3) is 1.44. The summed E-state index contributed by atoms with van der Waals surface area (Å²) >= 11 is 0. The lowest BCUT2D eigenvalue weighted by atomic mass is 9.69. The summed E-state index contributed by atoms with van der Waals surface area (Å²) in [6.07, 6.45) is 7.52. The first-order chi connectivity index (χ1) is 6.52. The zero-order valence-electron chi connectivity index (χ0n) is 9.38. The number of allylic oxidation sites excluding steroid dienone is 2. The summed E-state index contributed by atoms with van der Waals surface area (Å²) in [6, 6.07) is 0. The highest BCUT2D eigenvalue weighted by molar-refractivity contribution is 5.40. The summed E-state index contributed by atoms with van der Waals surface area (Å²) in [6.45, 7) is 6.52. The van der Waals surface area contributed by atoms with Gasteiger partial charge in [0.05, 0.1) is 5.60 Å². The van der Waals surface area contributed by atoms with Crippen molar-refractivity contribution in [3.05, 3.63) is 23.3 Å². The fraction of sp³-hybridized carbons (Fsp3) is 0.692. The molecule has 0 aromatic rings. The van der Waals surface area contributed by atoms with Gasteiger partial charge in [-0.25, -0.2) is 0 Å². The van der Waals surface area contributed by atoms with Gasteiger partial charge in [0, 0.05) is 0 Å². The zero-order chi connectivity index (χ0) is 10.3. The molecule has 2 aliphatic rings. The van der Waals surface area contributed by atoms with E-state index in [0.29, 0.717) is 11.8 Å². The molecule has 14 heavy (non-hydrogen) atoms. The monoisotopic (exact) mass is 192 g/mol. The first-order valence-electron chi connectivity index (χ1n) is 5.66. The molecule has 0 fully saturated rings. The first kappa shape index (κ1) is 9.97. The number of hydrogen-bond acceptors (Lipinski definition) is 1. The van der Waals surface area contributed by atoms with E-state index in [1.54, 1.807) is 0 Å². The van der Waals surface area contributed by atoms with Crippen LogP contribution in [0.3, 0.4) is 0 Å². The van der Waals surface area contributed by atoms with Crippen molar-refractivity contribution in [2.24, 2.45) is 11.8 Å². The Labute approximate surface area is 86.5 Å². The maximum atomic E-state index is 10.3. The summed E-state index contributed by atoms with van der Waals surface area (Å²) in [4.78, 5) is 0. The molecule has 0 saturated heterocycles. The fourth-order valence-corrected chi connectivity index (χ4v) is 2.91. The van der Waals surface area contributed by atoms with E-state index in [1.165, 1.54) is 11.1 Å². The molecule has 2 rings (SSSR count). The largest absolute Gasteiger partial charge is 0.385 e. The molecular weight excluding hydrogens is 172 g/mol. The SMILES string of the molecule is CC1CC=CC2=C1C(C)CC[C@@]2(C)O. The molecule has 78 valence electrons. The van der Waals surface area contributed by atoms with Gasteiger partial charge in [-0.1, -0.05) is 31.6 Å². The molecule has 1 nitrogen and oxygen atoms in total. The van der Waals surface area contributed by atoms with Gasteiger partial charge in [-0.2, -0.15) is 0 Å². The molecule has 0 aromatic carbocycles. The van der Waals surface area contributed by atoms with E-state index in [4.69, 9.17) is 0 Å². The minimum absolute atomic E-state index is 0.576. The van der Waals surface area contributed by atoms with E-state index in [1.807, 2.05) is 6.92 Å². The Morgan fingerprint density at radius 3 is 2.71 bits per heavy atom. The third-order valence-corrected chi connectivity index (χ3v) is 3.79. The standard InChI is InChI=1S/C13H20O/c1-9-5-4-6-11-12(9)10(2)7-8-13(11,3)14/h4,6,9-10,14H,5,7-8H2,1-3H3/t9?,10?,13-/m1/s1. The molecule has 0 heterocycles. The molecule has 1 N–H and O–H groups in total. The topological polar surface area (TPSA) is 20.2 Å². The lowest BCUT2D eigenvalue weighted by molar-refractivity contribution is 0.0738. The molecule has 0 amide bonds. The summed E-state index contributed by atoms with van der Waals surface area (Å²) in [5, 5.41) is 10.3. The molecule has 0 radical (unpaired) electrons. The van der Waals surface area contributed by atoms with Crippen LogP contribution < -0.4 is 0 Å². The molecule has 0 saturated carbocycles. The highest BCUT2D eigenvalue weighted by Crippen LogP contribution is 2.43. The van der Waals surface area contributed by atoms with Crippen molar-refractivity contribution in [1.82, 2.24) is 0 Å². The lowest BCUT2D eigenvalue weighted by Crippen LogP contribution is -2.35. The minimum atomic E-state index is -0.576. The van der Waals surface area contributed by atoms with Crippen LogP contribution in [0.5, 0.6) is 0 Å². The van der Waals surface area contributed by atoms with Crippen molar-refractivity contribution in [2.45, 2.75) is 45.6 Å². The van der Waals surface area contributed by atoms with Crippen molar-refractivity contribution < 1.29 is 5.11 Å². The van der Waals surface area contributed by atoms with Crippen LogP contribution in [0.25, 0.3) is 0 Å². The van der Waals surface area contributed by atoms with Gasteiger partial charge in [-0.05, 0) is 43.6 Å². The summed E-state index contributed by atoms with van der Waals surface area (Å²) in [7, 11) is 0. The smallest absolute Gasteiger partial charge is 0.0868 e. The van der Waals surface area contributed by atoms with Gasteiger partial charge in [-0.15, -0.1) is 0 Å². The lowest BCUT2D eigenvalue weighted by Gasteiger charge is -2.39. The van der Waals surface area contributed by atoms with Crippen LogP contribution in [-0.2, 0) is 0 Å². The van der Waals surface area contributed by atoms with E-state index in [-0.39, 0.29) is 0 Å². The maximum Gasteiger partial charge on any atom is 0.0868 e. The number of hydrogen-bond donors (Lipinski definition) is 1. The summed E-state index contributed by atoms with van der Waals surface area (Å²) in [5.74, 6) is 1.28. The van der Waals surface area contributed by atoms with Crippen molar-refractivity contribution in [2.75, 3.05) is 0 Å². The molecule has 2 aliphatic carbocycles. The van der Waals surface area contributed by atoms with E-state index >= 15 is 0 Å². The average molecular weight is 192 g/mol. The van der Waals surface area contributed by atoms with Gasteiger partial charge in [0.2, 0.25) is 0 Å². The van der Waals surface area contributed by atoms with Crippen molar-refractivity contribution in [3.8, 4) is 0 Å². The molecule has 0 aromatic heterocycles. The normalized spacial score (nSPS) is 42.6. The third-order valence-electron chi connectivity index (χ3n) is 3.79. The van der Waals surface area contributed by atoms with E-state index in [0.717, 1.165) is 19.3 Å². The second kappa shape index (κ2) is 3.23. The highest BCUT2D eigenvalue weighted by atomic mass is 16.3. The predicted octanol–water partition coefficient (Wildman–Crippen LogP) is 3.06. The van der Waals surface area contributed by atoms with Crippen LogP contribution in [0.4, 0.5) is 0 Å². The molecule has 0 bridgehead atoms. The first-order valence-corrected chi connectivity index (χ1v) is 5.66.